The van der Waals surface area contributed by atoms with Gasteiger partial charge in [0.2, 0.25) is 0 Å². The zero-order valence-electron chi connectivity index (χ0n) is 58.2. The fraction of sp³-hybridized carbons (Fsp3) is 0.190. The normalized spacial score (nSPS) is 11.6. The first-order valence-corrected chi connectivity index (χ1v) is 34.4. The van der Waals surface area contributed by atoms with Crippen molar-refractivity contribution in [3.8, 4) is 89.0 Å². The highest BCUT2D eigenvalue weighted by atomic mass is 16.6. The van der Waals surface area contributed by atoms with E-state index in [1.54, 1.807) is 104 Å². The number of H-pyrrole nitrogens is 2. The number of hydrogen-bond donors (Lipinski definition) is 2. The number of fused-ring (bicyclic) bond motifs is 12. The van der Waals surface area contributed by atoms with E-state index in [-0.39, 0.29) is 97.4 Å². The van der Waals surface area contributed by atoms with Gasteiger partial charge in [-0.15, -0.1) is 0 Å². The van der Waals surface area contributed by atoms with Crippen molar-refractivity contribution in [1.29, 1.82) is 0 Å². The first-order chi connectivity index (χ1) is 50.5. The fourth-order valence-electron chi connectivity index (χ4n) is 13.5. The van der Waals surface area contributed by atoms with Crippen LogP contribution in [0.25, 0.3) is 135 Å². The molecule has 0 atom stereocenters. The highest BCUT2D eigenvalue weighted by Crippen LogP contribution is 2.44. The fourth-order valence-corrected chi connectivity index (χ4v) is 13.5. The number of nitrogens with zero attached hydrogens (tertiary/aromatic N) is 2. The Kier molecular flexibility index (Phi) is 19.9. The van der Waals surface area contributed by atoms with Crippen LogP contribution in [0.4, 0.5) is 0 Å². The van der Waals surface area contributed by atoms with Crippen LogP contribution < -0.4 is 0 Å². The van der Waals surface area contributed by atoms with Gasteiger partial charge >= 0.3 is 47.8 Å². The maximum atomic E-state index is 13.8. The van der Waals surface area contributed by atoms with E-state index in [2.05, 4.69) is 9.97 Å². The number of nitrogens with one attached hydrogen (secondary N) is 2. The lowest BCUT2D eigenvalue weighted by Gasteiger charge is -2.06. The molecule has 0 amide bonds. The summed E-state index contributed by atoms with van der Waals surface area (Å²) in [5.41, 5.74) is 13.5. The van der Waals surface area contributed by atoms with Crippen LogP contribution in [0, 0.1) is 0 Å². The second-order valence-corrected chi connectivity index (χ2v) is 24.0. The predicted molar refractivity (Wildman–Crippen MR) is 395 cm³/mol. The van der Waals surface area contributed by atoms with Crippen LogP contribution in [-0.4, -0.2) is 121 Å². The third-order valence-corrected chi connectivity index (χ3v) is 17.9. The third kappa shape index (κ3) is 13.0. The van der Waals surface area contributed by atoms with E-state index >= 15 is 0 Å². The first-order valence-electron chi connectivity index (χ1n) is 34.4. The molecule has 20 heteroatoms. The minimum Gasteiger partial charge on any atom is -0.462 e. The number of carbonyl (C=O) groups excluding carboxylic acids is 8. The Labute approximate surface area is 597 Å². The van der Waals surface area contributed by atoms with Gasteiger partial charge in [-0.1, -0.05) is 97.1 Å². The molecule has 0 unspecified atom stereocenters. The molecule has 522 valence electrons. The molecular weight excluding hydrogens is 1320 g/mol. The number of ether oxygens (including phenoxy) is 8. The number of rotatable bonds is 20. The van der Waals surface area contributed by atoms with Gasteiger partial charge in [0.05, 0.1) is 120 Å². The van der Waals surface area contributed by atoms with Gasteiger partial charge < -0.3 is 47.9 Å². The highest BCUT2D eigenvalue weighted by molar-refractivity contribution is 6.13. The predicted octanol–water partition coefficient (Wildman–Crippen LogP) is 17.2. The molecule has 104 heavy (non-hydrogen) atoms. The summed E-state index contributed by atoms with van der Waals surface area (Å²) in [6, 6.07) is 42.4. The van der Waals surface area contributed by atoms with E-state index in [1.807, 2.05) is 97.1 Å². The topological polar surface area (TPSA) is 268 Å². The second kappa shape index (κ2) is 29.8. The smallest absolute Gasteiger partial charge is 0.338 e. The van der Waals surface area contributed by atoms with E-state index in [0.29, 0.717) is 134 Å². The molecule has 20 nitrogen and oxygen atoms in total. The standard InChI is InChI=1S/C84H70N4O16/c1-9-97-77(89)57-41-58(78(90)98-10-2)50-26-18-45(17-25-49(50)57)73-65-33-35-67(85-65)74(46-19-27-51-52(28-20-46)60(80(92)100-12-4)42-59(51)79(91)99-11-3)69-37-39-71(87-69)76(48-23-31-55-56(32-24-48)64(84(96)104-16-8)44-63(55)83(95)103-15-7)72-40-38-70(88-72)75(68-36-34-66(73)86-68)47-21-29-53-54(30-22-47)62(82(94)102-14-6)43-61(53)81(93)101-13-5/h17-44,85,88H,9-16H2,1-8H3. The summed E-state index contributed by atoms with van der Waals surface area (Å²) in [5, 5.41) is 0. The van der Waals surface area contributed by atoms with Crippen molar-refractivity contribution in [2.75, 3.05) is 52.9 Å². The molecule has 0 radical (unpaired) electrons. The third-order valence-electron chi connectivity index (χ3n) is 17.9. The van der Waals surface area contributed by atoms with Crippen molar-refractivity contribution < 1.29 is 76.3 Å². The van der Waals surface area contributed by atoms with Crippen LogP contribution >= 0.6 is 0 Å². The summed E-state index contributed by atoms with van der Waals surface area (Å²) in [5.74, 6) is -5.01. The average Bonchev–Trinajstić information content (AvgIpc) is 1.60. The summed E-state index contributed by atoms with van der Waals surface area (Å²) in [6.45, 7) is 14.3. The Hall–Kier alpha value is -12.8. The molecule has 2 aliphatic heterocycles. The van der Waals surface area contributed by atoms with E-state index in [1.165, 1.54) is 24.3 Å². The molecule has 2 N–H and O–H groups in total. The molecule has 0 spiro atoms. The first kappa shape index (κ1) is 69.6. The number of esters is 8. The van der Waals surface area contributed by atoms with Gasteiger partial charge in [-0.2, -0.15) is 0 Å². The average molecular weight is 1390 g/mol. The van der Waals surface area contributed by atoms with Gasteiger partial charge in [0.1, 0.15) is 0 Å². The molecule has 13 rings (SSSR count). The van der Waals surface area contributed by atoms with Gasteiger partial charge in [-0.3, -0.25) is 0 Å². The minimum atomic E-state index is -0.626. The molecule has 8 aliphatic carbocycles. The Balaban J connectivity index is 1.17. The molecule has 0 saturated heterocycles. The van der Waals surface area contributed by atoms with E-state index in [4.69, 9.17) is 47.9 Å². The molecule has 0 aromatic carbocycles. The van der Waals surface area contributed by atoms with Gasteiger partial charge in [0, 0.05) is 44.3 Å². The van der Waals surface area contributed by atoms with E-state index in [0.717, 1.165) is 0 Å². The summed E-state index contributed by atoms with van der Waals surface area (Å²) in [4.78, 5) is 129. The molecule has 0 saturated carbocycles. The Bertz CT molecular complexity index is 4590. The number of hydrogen-bond acceptors (Lipinski definition) is 18. The number of aromatic amines is 2. The highest BCUT2D eigenvalue weighted by Gasteiger charge is 2.32. The number of aromatic nitrogens is 4. The zero-order chi connectivity index (χ0) is 73.0. The Morgan fingerprint density at radius 1 is 0.240 bits per heavy atom. The van der Waals surface area contributed by atoms with Crippen molar-refractivity contribution in [3.63, 3.8) is 0 Å². The lowest BCUT2D eigenvalue weighted by atomic mass is 10.1. The number of carbonyl (C=O) groups is 8. The lowest BCUT2D eigenvalue weighted by Crippen LogP contribution is -2.05. The quantitative estimate of drug-likeness (QED) is 0.0530. The van der Waals surface area contributed by atoms with Crippen LogP contribution in [0.5, 0.6) is 0 Å². The molecule has 5 heterocycles. The van der Waals surface area contributed by atoms with Gasteiger partial charge in [0.25, 0.3) is 0 Å². The summed E-state index contributed by atoms with van der Waals surface area (Å²) >= 11 is 0. The molecule has 8 bridgehead atoms. The molecule has 10 aliphatic rings. The van der Waals surface area contributed by atoms with Crippen LogP contribution in [-0.2, 0) is 37.9 Å². The summed E-state index contributed by atoms with van der Waals surface area (Å²) in [6.07, 6.45) is 7.53. The van der Waals surface area contributed by atoms with Gasteiger partial charge in [0.15, 0.2) is 0 Å². The molecule has 0 fully saturated rings. The largest absolute Gasteiger partial charge is 0.462 e. The van der Waals surface area contributed by atoms with Crippen LogP contribution in [0.1, 0.15) is 161 Å². The van der Waals surface area contributed by atoms with E-state index in [9.17, 15) is 38.4 Å². The van der Waals surface area contributed by atoms with Crippen LogP contribution in [0.3, 0.4) is 0 Å². The summed E-state index contributed by atoms with van der Waals surface area (Å²) in [7, 11) is 0. The van der Waals surface area contributed by atoms with Gasteiger partial charge in [-0.05, 0) is 195 Å². The van der Waals surface area contributed by atoms with Crippen LogP contribution in [0.2, 0.25) is 0 Å². The van der Waals surface area contributed by atoms with E-state index < -0.39 is 47.8 Å². The second-order valence-electron chi connectivity index (χ2n) is 24.0. The van der Waals surface area contributed by atoms with Crippen LogP contribution in [0.15, 0.2) is 146 Å². The summed E-state index contributed by atoms with van der Waals surface area (Å²) < 4.78 is 44.2. The maximum Gasteiger partial charge on any atom is 0.338 e. The zero-order valence-corrected chi connectivity index (χ0v) is 58.2. The lowest BCUT2D eigenvalue weighted by molar-refractivity contribution is 0.0511. The van der Waals surface area contributed by atoms with Gasteiger partial charge in [-0.25, -0.2) is 48.3 Å². The van der Waals surface area contributed by atoms with Crippen molar-refractivity contribution in [1.82, 2.24) is 19.9 Å². The van der Waals surface area contributed by atoms with Crippen molar-refractivity contribution in [2.24, 2.45) is 0 Å². The Morgan fingerprint density at radius 3 is 0.538 bits per heavy atom. The molecule has 3 aromatic rings. The van der Waals surface area contributed by atoms with Crippen molar-refractivity contribution in [2.45, 2.75) is 55.4 Å². The van der Waals surface area contributed by atoms with Crippen molar-refractivity contribution in [3.05, 3.63) is 213 Å². The Morgan fingerprint density at radius 2 is 0.394 bits per heavy atom. The maximum absolute atomic E-state index is 13.8. The monoisotopic (exact) mass is 1390 g/mol. The molecular formula is C84H70N4O16. The van der Waals surface area contributed by atoms with Crippen molar-refractivity contribution >= 4 is 94.1 Å². The minimum absolute atomic E-state index is 0.0847. The molecule has 3 aromatic heterocycles. The SMILES string of the molecule is CCOC(=O)c1cc(C(=O)OCC)c2ccc(-c3c4nc(c(-c5ccc6c(C(=O)OCC)cc(C(=O)OCC)c-6cc5)c5ccc([nH]5)c(-c5ccc6c(C(=O)OCC)cc(C(=O)OCC)c-6cc5)c5nc(c(-c6ccc7c(C(=O)OCC)cc(C(=O)OCC)c-7cc6)c6ccc3[nH]6)C=C5)C=C4)ccc1-2.